The summed E-state index contributed by atoms with van der Waals surface area (Å²) in [5, 5.41) is 9.33. The van der Waals surface area contributed by atoms with Crippen molar-refractivity contribution in [2.75, 3.05) is 7.05 Å². The molecule has 0 atom stereocenters. The summed E-state index contributed by atoms with van der Waals surface area (Å²) in [6.45, 7) is 2.76. The molecule has 0 aliphatic rings. The molecule has 0 amide bonds. The van der Waals surface area contributed by atoms with Crippen LogP contribution in [-0.2, 0) is 6.54 Å². The molecule has 0 fully saturated rings. The fraction of sp³-hybridized carbons (Fsp3) is 0.333. The SMILES string of the molecule is CC/C(O)=C/N(C)Cc1ccccc1. The predicted molar refractivity (Wildman–Crippen MR) is 58.9 cm³/mol. The molecule has 0 saturated heterocycles. The van der Waals surface area contributed by atoms with Gasteiger partial charge in [-0.15, -0.1) is 0 Å². The van der Waals surface area contributed by atoms with Crippen molar-refractivity contribution >= 4 is 0 Å². The van der Waals surface area contributed by atoms with Gasteiger partial charge in [0.25, 0.3) is 0 Å². The fourth-order valence-electron chi connectivity index (χ4n) is 1.26. The Morgan fingerprint density at radius 2 is 2.00 bits per heavy atom. The fourth-order valence-corrected chi connectivity index (χ4v) is 1.26. The minimum atomic E-state index is 0.420. The number of benzene rings is 1. The molecule has 1 aromatic carbocycles. The first-order valence-electron chi connectivity index (χ1n) is 4.86. The molecule has 76 valence electrons. The molecule has 0 unspecified atom stereocenters. The van der Waals surface area contributed by atoms with Crippen LogP contribution in [0.25, 0.3) is 0 Å². The van der Waals surface area contributed by atoms with Gasteiger partial charge in [0.2, 0.25) is 0 Å². The zero-order valence-corrected chi connectivity index (χ0v) is 8.77. The summed E-state index contributed by atoms with van der Waals surface area (Å²) in [6.07, 6.45) is 2.45. The molecule has 1 rings (SSSR count). The van der Waals surface area contributed by atoms with Crippen LogP contribution in [0, 0.1) is 0 Å². The maximum Gasteiger partial charge on any atom is 0.108 e. The minimum Gasteiger partial charge on any atom is -0.511 e. The van der Waals surface area contributed by atoms with Crippen LogP contribution in [0.4, 0.5) is 0 Å². The third-order valence-electron chi connectivity index (χ3n) is 2.01. The second-order valence-corrected chi connectivity index (χ2v) is 3.37. The van der Waals surface area contributed by atoms with Crippen molar-refractivity contribution in [3.05, 3.63) is 47.9 Å². The van der Waals surface area contributed by atoms with E-state index >= 15 is 0 Å². The molecule has 2 nitrogen and oxygen atoms in total. The Hall–Kier alpha value is -1.44. The average Bonchev–Trinajstić information content (AvgIpc) is 2.19. The van der Waals surface area contributed by atoms with Crippen molar-refractivity contribution in [1.29, 1.82) is 0 Å². The molecule has 0 radical (unpaired) electrons. The quantitative estimate of drug-likeness (QED) is 0.740. The highest BCUT2D eigenvalue weighted by Gasteiger charge is 1.96. The summed E-state index contributed by atoms with van der Waals surface area (Å²) in [5.74, 6) is 0.420. The normalized spacial score (nSPS) is 11.4. The highest BCUT2D eigenvalue weighted by molar-refractivity contribution is 5.14. The van der Waals surface area contributed by atoms with Crippen molar-refractivity contribution in [2.24, 2.45) is 0 Å². The molecule has 0 spiro atoms. The van der Waals surface area contributed by atoms with Gasteiger partial charge in [-0.3, -0.25) is 0 Å². The number of nitrogens with zero attached hydrogens (tertiary/aromatic N) is 1. The summed E-state index contributed by atoms with van der Waals surface area (Å²) in [4.78, 5) is 1.98. The first-order chi connectivity index (χ1) is 6.72. The monoisotopic (exact) mass is 191 g/mol. The van der Waals surface area contributed by atoms with Gasteiger partial charge < -0.3 is 10.0 Å². The molecule has 0 heterocycles. The minimum absolute atomic E-state index is 0.420. The van der Waals surface area contributed by atoms with Crippen LogP contribution in [0.15, 0.2) is 42.3 Å². The van der Waals surface area contributed by atoms with Gasteiger partial charge in [0.15, 0.2) is 0 Å². The number of hydrogen-bond acceptors (Lipinski definition) is 2. The van der Waals surface area contributed by atoms with E-state index in [0.29, 0.717) is 12.2 Å². The summed E-state index contributed by atoms with van der Waals surface area (Å²) in [5.41, 5.74) is 1.25. The summed E-state index contributed by atoms with van der Waals surface area (Å²) < 4.78 is 0. The molecule has 14 heavy (non-hydrogen) atoms. The van der Waals surface area contributed by atoms with E-state index in [4.69, 9.17) is 0 Å². The topological polar surface area (TPSA) is 23.5 Å². The molecule has 0 bridgehead atoms. The molecular weight excluding hydrogens is 174 g/mol. The summed E-state index contributed by atoms with van der Waals surface area (Å²) in [7, 11) is 1.96. The Labute approximate surface area is 85.5 Å². The van der Waals surface area contributed by atoms with Crippen LogP contribution in [0.5, 0.6) is 0 Å². The van der Waals surface area contributed by atoms with E-state index in [1.165, 1.54) is 5.56 Å². The number of aliphatic hydroxyl groups is 1. The van der Waals surface area contributed by atoms with E-state index < -0.39 is 0 Å². The smallest absolute Gasteiger partial charge is 0.108 e. The van der Waals surface area contributed by atoms with Crippen LogP contribution < -0.4 is 0 Å². The number of rotatable bonds is 4. The second kappa shape index (κ2) is 5.32. The molecule has 0 aliphatic carbocycles. The predicted octanol–water partition coefficient (Wildman–Crippen LogP) is 2.93. The molecule has 2 heteroatoms. The maximum atomic E-state index is 9.33. The van der Waals surface area contributed by atoms with Gasteiger partial charge in [-0.05, 0) is 5.56 Å². The van der Waals surface area contributed by atoms with Gasteiger partial charge in [-0.1, -0.05) is 37.3 Å². The highest BCUT2D eigenvalue weighted by Crippen LogP contribution is 2.04. The largest absolute Gasteiger partial charge is 0.511 e. The zero-order chi connectivity index (χ0) is 10.4. The number of aliphatic hydroxyl groups excluding tert-OH is 1. The first kappa shape index (κ1) is 10.6. The molecular formula is C12H17NO. The third kappa shape index (κ3) is 3.52. The number of hydrogen-bond donors (Lipinski definition) is 1. The highest BCUT2D eigenvalue weighted by atomic mass is 16.3. The number of allylic oxidation sites excluding steroid dienone is 1. The van der Waals surface area contributed by atoms with Gasteiger partial charge in [0, 0.05) is 26.2 Å². The zero-order valence-electron chi connectivity index (χ0n) is 8.77. The Morgan fingerprint density at radius 1 is 1.36 bits per heavy atom. The van der Waals surface area contributed by atoms with Gasteiger partial charge in [0.1, 0.15) is 5.76 Å². The van der Waals surface area contributed by atoms with Crippen LogP contribution in [0.1, 0.15) is 18.9 Å². The van der Waals surface area contributed by atoms with Crippen LogP contribution in [0.2, 0.25) is 0 Å². The van der Waals surface area contributed by atoms with Crippen molar-refractivity contribution in [2.45, 2.75) is 19.9 Å². The van der Waals surface area contributed by atoms with Gasteiger partial charge in [-0.25, -0.2) is 0 Å². The van der Waals surface area contributed by atoms with E-state index in [0.717, 1.165) is 6.54 Å². The van der Waals surface area contributed by atoms with Crippen molar-refractivity contribution in [3.63, 3.8) is 0 Å². The van der Waals surface area contributed by atoms with Gasteiger partial charge >= 0.3 is 0 Å². The van der Waals surface area contributed by atoms with E-state index in [1.807, 2.05) is 37.1 Å². The Bertz CT molecular complexity index is 292. The molecule has 0 aliphatic heterocycles. The average molecular weight is 191 g/mol. The lowest BCUT2D eigenvalue weighted by atomic mass is 10.2. The van der Waals surface area contributed by atoms with E-state index in [9.17, 15) is 5.11 Å². The lowest BCUT2D eigenvalue weighted by Crippen LogP contribution is -2.10. The van der Waals surface area contributed by atoms with Crippen molar-refractivity contribution in [3.8, 4) is 0 Å². The van der Waals surface area contributed by atoms with Crippen molar-refractivity contribution in [1.82, 2.24) is 4.90 Å². The first-order valence-corrected chi connectivity index (χ1v) is 4.86. The lowest BCUT2D eigenvalue weighted by molar-refractivity contribution is 0.355. The van der Waals surface area contributed by atoms with Gasteiger partial charge in [-0.2, -0.15) is 0 Å². The van der Waals surface area contributed by atoms with E-state index in [2.05, 4.69) is 12.1 Å². The third-order valence-corrected chi connectivity index (χ3v) is 2.01. The Kier molecular flexibility index (Phi) is 4.05. The van der Waals surface area contributed by atoms with E-state index in [1.54, 1.807) is 6.20 Å². The van der Waals surface area contributed by atoms with Crippen LogP contribution in [0.3, 0.4) is 0 Å². The van der Waals surface area contributed by atoms with Crippen molar-refractivity contribution < 1.29 is 5.11 Å². The summed E-state index contributed by atoms with van der Waals surface area (Å²) in [6, 6.07) is 10.2. The van der Waals surface area contributed by atoms with Gasteiger partial charge in [0.05, 0.1) is 0 Å². The molecule has 1 aromatic rings. The Morgan fingerprint density at radius 3 is 2.57 bits per heavy atom. The maximum absolute atomic E-state index is 9.33. The molecule has 0 saturated carbocycles. The Balaban J connectivity index is 2.53. The standard InChI is InChI=1S/C12H17NO/c1-3-12(14)10-13(2)9-11-7-5-4-6-8-11/h4-8,10,14H,3,9H2,1-2H3/b12-10-. The lowest BCUT2D eigenvalue weighted by Gasteiger charge is -2.14. The van der Waals surface area contributed by atoms with E-state index in [-0.39, 0.29) is 0 Å². The van der Waals surface area contributed by atoms with Crippen LogP contribution in [-0.4, -0.2) is 17.1 Å². The van der Waals surface area contributed by atoms with Crippen LogP contribution >= 0.6 is 0 Å². The summed E-state index contributed by atoms with van der Waals surface area (Å²) >= 11 is 0. The molecule has 1 N–H and O–H groups in total. The molecule has 0 aromatic heterocycles. The second-order valence-electron chi connectivity index (χ2n) is 3.37.